The average molecular weight is 389 g/mol. The number of carbonyl (C=O) groups is 2. The number of rotatable bonds is 7. The molecule has 154 valence electrons. The monoisotopic (exact) mass is 389 g/mol. The fourth-order valence-corrected chi connectivity index (χ4v) is 4.87. The Balaban J connectivity index is 1.83. The summed E-state index contributed by atoms with van der Waals surface area (Å²) in [5.74, 6) is 0.378. The third-order valence-electron chi connectivity index (χ3n) is 6.68. The number of aliphatic carboxylic acids is 1. The fraction of sp³-hybridized carbons (Fsp3) is 0.636. The molecular weight excluding hydrogens is 358 g/mol. The molecule has 28 heavy (non-hydrogen) atoms. The summed E-state index contributed by atoms with van der Waals surface area (Å²) in [5.41, 5.74) is -0.549. The van der Waals surface area contributed by atoms with Crippen LogP contribution in [0.5, 0.6) is 11.5 Å². The maximum Gasteiger partial charge on any atom is 0.311 e. The van der Waals surface area contributed by atoms with Gasteiger partial charge in [0.05, 0.1) is 25.0 Å². The first kappa shape index (κ1) is 20.5. The maximum atomic E-state index is 13.4. The summed E-state index contributed by atoms with van der Waals surface area (Å²) in [6.07, 6.45) is 7.61. The van der Waals surface area contributed by atoms with Gasteiger partial charge < -0.3 is 19.9 Å². The van der Waals surface area contributed by atoms with E-state index >= 15 is 0 Å². The number of nitrogens with one attached hydrogen (secondary N) is 1. The Hall–Kier alpha value is -2.24. The van der Waals surface area contributed by atoms with E-state index in [0.29, 0.717) is 24.3 Å². The molecular formula is C22H31NO5. The van der Waals surface area contributed by atoms with Gasteiger partial charge in [-0.25, -0.2) is 0 Å². The van der Waals surface area contributed by atoms with Crippen molar-refractivity contribution in [1.29, 1.82) is 0 Å². The highest BCUT2D eigenvalue weighted by atomic mass is 16.5. The highest BCUT2D eigenvalue weighted by molar-refractivity contribution is 5.89. The molecule has 1 amide bonds. The third kappa shape index (κ3) is 3.69. The summed E-state index contributed by atoms with van der Waals surface area (Å²) in [5, 5.41) is 12.8. The standard InChI is InChI=1S/C22H31NO5/c1-27-17-9-8-16(14-18(17)28-2)22(12-6-7-13-22)19(24)23-15-21(20(25)26)10-4-3-5-11-21/h8-9,14H,3-7,10-13,15H2,1-2H3,(H,23,24)(H,25,26). The van der Waals surface area contributed by atoms with Crippen molar-refractivity contribution in [2.24, 2.45) is 5.41 Å². The first-order chi connectivity index (χ1) is 13.5. The summed E-state index contributed by atoms with van der Waals surface area (Å²) < 4.78 is 10.8. The number of amides is 1. The van der Waals surface area contributed by atoms with E-state index in [-0.39, 0.29) is 12.5 Å². The van der Waals surface area contributed by atoms with Crippen molar-refractivity contribution >= 4 is 11.9 Å². The van der Waals surface area contributed by atoms with Gasteiger partial charge in [0, 0.05) is 6.54 Å². The molecule has 2 aliphatic rings. The lowest BCUT2D eigenvalue weighted by Crippen LogP contribution is -2.49. The van der Waals surface area contributed by atoms with Gasteiger partial charge in [-0.1, -0.05) is 38.2 Å². The van der Waals surface area contributed by atoms with Crippen LogP contribution in [0.1, 0.15) is 63.4 Å². The molecule has 0 bridgehead atoms. The summed E-state index contributed by atoms with van der Waals surface area (Å²) in [6, 6.07) is 5.65. The van der Waals surface area contributed by atoms with Gasteiger partial charge in [-0.3, -0.25) is 9.59 Å². The molecule has 0 aliphatic heterocycles. The van der Waals surface area contributed by atoms with Gasteiger partial charge in [-0.2, -0.15) is 0 Å². The van der Waals surface area contributed by atoms with Crippen molar-refractivity contribution in [3.63, 3.8) is 0 Å². The van der Waals surface area contributed by atoms with Crippen LogP contribution in [0, 0.1) is 5.41 Å². The minimum absolute atomic E-state index is 0.0663. The predicted octanol–water partition coefficient (Wildman–Crippen LogP) is 3.67. The first-order valence-electron chi connectivity index (χ1n) is 10.2. The SMILES string of the molecule is COc1ccc(C2(C(=O)NCC3(C(=O)O)CCCCC3)CCCC2)cc1OC. The Morgan fingerprint density at radius 2 is 1.57 bits per heavy atom. The predicted molar refractivity (Wildman–Crippen MR) is 106 cm³/mol. The van der Waals surface area contributed by atoms with Gasteiger partial charge in [0.15, 0.2) is 11.5 Å². The van der Waals surface area contributed by atoms with E-state index in [2.05, 4.69) is 5.32 Å². The van der Waals surface area contributed by atoms with Crippen molar-refractivity contribution in [2.75, 3.05) is 20.8 Å². The molecule has 2 fully saturated rings. The number of methoxy groups -OCH3 is 2. The number of carboxylic acids is 1. The second-order valence-corrected chi connectivity index (χ2v) is 8.19. The van der Waals surface area contributed by atoms with Crippen LogP contribution in [0.3, 0.4) is 0 Å². The summed E-state index contributed by atoms with van der Waals surface area (Å²) in [7, 11) is 3.17. The van der Waals surface area contributed by atoms with Crippen molar-refractivity contribution in [3.8, 4) is 11.5 Å². The zero-order valence-electron chi connectivity index (χ0n) is 16.9. The highest BCUT2D eigenvalue weighted by Crippen LogP contribution is 2.44. The molecule has 0 atom stereocenters. The zero-order valence-corrected chi connectivity index (χ0v) is 16.9. The van der Waals surface area contributed by atoms with Crippen LogP contribution in [0.4, 0.5) is 0 Å². The Morgan fingerprint density at radius 1 is 0.964 bits per heavy atom. The van der Waals surface area contributed by atoms with E-state index < -0.39 is 16.8 Å². The fourth-order valence-electron chi connectivity index (χ4n) is 4.87. The maximum absolute atomic E-state index is 13.4. The van der Waals surface area contributed by atoms with Gasteiger partial charge in [0.2, 0.25) is 5.91 Å². The molecule has 3 rings (SSSR count). The smallest absolute Gasteiger partial charge is 0.311 e. The third-order valence-corrected chi connectivity index (χ3v) is 6.68. The van der Waals surface area contributed by atoms with Gasteiger partial charge >= 0.3 is 5.97 Å². The average Bonchev–Trinajstić information content (AvgIpc) is 3.23. The number of hydrogen-bond acceptors (Lipinski definition) is 4. The van der Waals surface area contributed by atoms with E-state index in [1.54, 1.807) is 14.2 Å². The number of ether oxygens (including phenoxy) is 2. The molecule has 0 spiro atoms. The molecule has 1 aromatic rings. The minimum atomic E-state index is -0.828. The number of carbonyl (C=O) groups excluding carboxylic acids is 1. The summed E-state index contributed by atoms with van der Waals surface area (Å²) in [6.45, 7) is 0.205. The first-order valence-corrected chi connectivity index (χ1v) is 10.2. The molecule has 0 heterocycles. The van der Waals surface area contributed by atoms with Gasteiger partial charge in [0.25, 0.3) is 0 Å². The second kappa shape index (κ2) is 8.41. The van der Waals surface area contributed by atoms with Crippen LogP contribution in [0.2, 0.25) is 0 Å². The van der Waals surface area contributed by atoms with E-state index in [1.165, 1.54) is 0 Å². The number of hydrogen-bond donors (Lipinski definition) is 2. The lowest BCUT2D eigenvalue weighted by molar-refractivity contribution is -0.151. The van der Waals surface area contributed by atoms with E-state index in [0.717, 1.165) is 50.5 Å². The van der Waals surface area contributed by atoms with Crippen LogP contribution >= 0.6 is 0 Å². The molecule has 0 radical (unpaired) electrons. The lowest BCUT2D eigenvalue weighted by Gasteiger charge is -2.35. The molecule has 0 aromatic heterocycles. The topological polar surface area (TPSA) is 84.9 Å². The molecule has 1 aromatic carbocycles. The zero-order chi connectivity index (χ0) is 20.2. The van der Waals surface area contributed by atoms with Crippen LogP contribution in [0.25, 0.3) is 0 Å². The molecule has 2 saturated carbocycles. The normalized spacial score (nSPS) is 20.4. The van der Waals surface area contributed by atoms with Gasteiger partial charge in [0.1, 0.15) is 0 Å². The lowest BCUT2D eigenvalue weighted by atomic mass is 9.73. The Morgan fingerprint density at radius 3 is 2.14 bits per heavy atom. The minimum Gasteiger partial charge on any atom is -0.493 e. The molecule has 0 saturated heterocycles. The van der Waals surface area contributed by atoms with Crippen LogP contribution in [-0.2, 0) is 15.0 Å². The van der Waals surface area contributed by atoms with Crippen LogP contribution in [0.15, 0.2) is 18.2 Å². The molecule has 6 heteroatoms. The Bertz CT molecular complexity index is 718. The summed E-state index contributed by atoms with van der Waals surface area (Å²) in [4.78, 5) is 25.3. The Kier molecular flexibility index (Phi) is 6.16. The molecule has 2 N–H and O–H groups in total. The molecule has 2 aliphatic carbocycles. The van der Waals surface area contributed by atoms with Crippen molar-refractivity contribution in [1.82, 2.24) is 5.32 Å². The van der Waals surface area contributed by atoms with Crippen molar-refractivity contribution in [3.05, 3.63) is 23.8 Å². The Labute approximate surface area is 166 Å². The molecule has 0 unspecified atom stereocenters. The van der Waals surface area contributed by atoms with E-state index in [1.807, 2.05) is 18.2 Å². The highest BCUT2D eigenvalue weighted by Gasteiger charge is 2.45. The van der Waals surface area contributed by atoms with Gasteiger partial charge in [-0.05, 0) is 43.4 Å². The van der Waals surface area contributed by atoms with E-state index in [9.17, 15) is 14.7 Å². The van der Waals surface area contributed by atoms with Crippen LogP contribution in [-0.4, -0.2) is 37.7 Å². The van der Waals surface area contributed by atoms with E-state index in [4.69, 9.17) is 9.47 Å². The molecule has 6 nitrogen and oxygen atoms in total. The number of benzene rings is 1. The largest absolute Gasteiger partial charge is 0.493 e. The number of carboxylic acid groups (broad SMARTS) is 1. The van der Waals surface area contributed by atoms with Gasteiger partial charge in [-0.15, -0.1) is 0 Å². The van der Waals surface area contributed by atoms with Crippen molar-refractivity contribution in [2.45, 2.75) is 63.2 Å². The van der Waals surface area contributed by atoms with Crippen molar-refractivity contribution < 1.29 is 24.2 Å². The second-order valence-electron chi connectivity index (χ2n) is 8.19. The quantitative estimate of drug-likeness (QED) is 0.743. The van der Waals surface area contributed by atoms with Crippen LogP contribution < -0.4 is 14.8 Å². The summed E-state index contributed by atoms with van der Waals surface area (Å²) >= 11 is 0.